The van der Waals surface area contributed by atoms with Gasteiger partial charge in [0.15, 0.2) is 0 Å². The highest BCUT2D eigenvalue weighted by molar-refractivity contribution is 7.89. The number of sulfonamides is 1. The number of nitrogens with zero attached hydrogens (tertiary/aromatic N) is 2. The van der Waals surface area contributed by atoms with Crippen molar-refractivity contribution in [3.63, 3.8) is 0 Å². The van der Waals surface area contributed by atoms with Crippen LogP contribution in [0.2, 0.25) is 0 Å². The van der Waals surface area contributed by atoms with E-state index in [1.807, 2.05) is 0 Å². The van der Waals surface area contributed by atoms with Crippen molar-refractivity contribution in [1.82, 2.24) is 14.2 Å². The van der Waals surface area contributed by atoms with Gasteiger partial charge in [-0.05, 0) is 6.07 Å². The number of imide groups is 1. The number of amides is 2. The summed E-state index contributed by atoms with van der Waals surface area (Å²) in [5.74, 6) is -2.39. The van der Waals surface area contributed by atoms with Gasteiger partial charge >= 0.3 is 5.97 Å². The molecule has 2 N–H and O–H groups in total. The highest BCUT2D eigenvalue weighted by Gasteiger charge is 2.39. The lowest BCUT2D eigenvalue weighted by molar-refractivity contribution is -0.137. The van der Waals surface area contributed by atoms with Crippen LogP contribution < -0.4 is 4.72 Å². The Hall–Kier alpha value is -2.20. The third-order valence-corrected chi connectivity index (χ3v) is 4.63. The van der Waals surface area contributed by atoms with Crippen molar-refractivity contribution >= 4 is 27.8 Å². The number of carbonyl (C=O) groups excluding carboxylic acids is 2. The van der Waals surface area contributed by atoms with Gasteiger partial charge in [-0.15, -0.1) is 0 Å². The van der Waals surface area contributed by atoms with Gasteiger partial charge in [0.05, 0.1) is 6.42 Å². The van der Waals surface area contributed by atoms with E-state index in [2.05, 4.69) is 4.72 Å². The Morgan fingerprint density at radius 2 is 2.00 bits per heavy atom. The van der Waals surface area contributed by atoms with Crippen LogP contribution >= 0.6 is 0 Å². The predicted molar refractivity (Wildman–Crippen MR) is 68.9 cm³/mol. The van der Waals surface area contributed by atoms with Crippen LogP contribution in [0.4, 0.5) is 0 Å². The molecule has 1 atom stereocenters. The number of carboxylic acid groups (broad SMARTS) is 1. The first-order valence-electron chi connectivity index (χ1n) is 5.86. The van der Waals surface area contributed by atoms with E-state index in [1.165, 1.54) is 14.1 Å². The summed E-state index contributed by atoms with van der Waals surface area (Å²) >= 11 is 0. The van der Waals surface area contributed by atoms with E-state index in [4.69, 9.17) is 5.11 Å². The molecule has 1 saturated heterocycles. The Bertz CT molecular complexity index is 735. The Balaban J connectivity index is 2.27. The first-order valence-corrected chi connectivity index (χ1v) is 7.34. The van der Waals surface area contributed by atoms with Gasteiger partial charge in [0.2, 0.25) is 21.8 Å². The fraction of sp³-hybridized carbons (Fsp3) is 0.364. The third kappa shape index (κ3) is 2.67. The summed E-state index contributed by atoms with van der Waals surface area (Å²) in [7, 11) is -1.44. The van der Waals surface area contributed by atoms with Crippen LogP contribution in [0, 0.1) is 0 Å². The molecule has 0 saturated carbocycles. The number of rotatable bonds is 4. The Morgan fingerprint density at radius 1 is 1.38 bits per heavy atom. The molecule has 1 unspecified atom stereocenters. The van der Waals surface area contributed by atoms with Crippen LogP contribution in [0.3, 0.4) is 0 Å². The molecule has 0 aliphatic carbocycles. The summed E-state index contributed by atoms with van der Waals surface area (Å²) in [5, 5.41) is 8.90. The maximum absolute atomic E-state index is 12.1. The Labute approximate surface area is 120 Å². The zero-order valence-electron chi connectivity index (χ0n) is 11.2. The molecule has 114 valence electrons. The first-order chi connectivity index (χ1) is 9.63. The van der Waals surface area contributed by atoms with Crippen molar-refractivity contribution in [3.8, 4) is 0 Å². The summed E-state index contributed by atoms with van der Waals surface area (Å²) in [5.41, 5.74) is -0.207. The lowest BCUT2D eigenvalue weighted by Gasteiger charge is -2.10. The molecule has 2 rings (SSSR count). The largest absolute Gasteiger partial charge is 0.477 e. The summed E-state index contributed by atoms with van der Waals surface area (Å²) in [6.07, 6.45) is 0.865. The zero-order chi connectivity index (χ0) is 15.9. The molecule has 0 radical (unpaired) electrons. The van der Waals surface area contributed by atoms with E-state index >= 15 is 0 Å². The molecular formula is C11H13N3O6S. The lowest BCUT2D eigenvalue weighted by atomic mass is 10.3. The smallest absolute Gasteiger partial charge is 0.352 e. The molecule has 0 bridgehead atoms. The van der Waals surface area contributed by atoms with Crippen molar-refractivity contribution in [1.29, 1.82) is 0 Å². The fourth-order valence-corrected chi connectivity index (χ4v) is 3.26. The minimum Gasteiger partial charge on any atom is -0.477 e. The molecule has 10 heteroatoms. The van der Waals surface area contributed by atoms with E-state index in [9.17, 15) is 22.8 Å². The van der Waals surface area contributed by atoms with Crippen molar-refractivity contribution in [3.05, 3.63) is 18.0 Å². The van der Waals surface area contributed by atoms with Crippen LogP contribution in [0.25, 0.3) is 0 Å². The number of aryl methyl sites for hydroxylation is 1. The number of hydrogen-bond donors (Lipinski definition) is 2. The maximum Gasteiger partial charge on any atom is 0.352 e. The number of likely N-dealkylation sites (N-methyl/N-ethyl adjacent to an activating group) is 1. The number of carboxylic acids is 1. The number of nitrogens with one attached hydrogen (secondary N) is 1. The SMILES string of the molecule is CN1C(=O)CC(NS(=O)(=O)c2cc(C(=O)O)n(C)c2)C1=O. The van der Waals surface area contributed by atoms with Crippen LogP contribution in [0.5, 0.6) is 0 Å². The highest BCUT2D eigenvalue weighted by atomic mass is 32.2. The van der Waals surface area contributed by atoms with Gasteiger partial charge in [-0.1, -0.05) is 0 Å². The van der Waals surface area contributed by atoms with Gasteiger partial charge in [0.1, 0.15) is 16.6 Å². The van der Waals surface area contributed by atoms with Crippen LogP contribution in [0.1, 0.15) is 16.9 Å². The minimum atomic E-state index is -4.09. The fourth-order valence-electron chi connectivity index (χ4n) is 2.00. The number of carbonyl (C=O) groups is 3. The van der Waals surface area contributed by atoms with Crippen molar-refractivity contribution in [2.75, 3.05) is 7.05 Å². The summed E-state index contributed by atoms with van der Waals surface area (Å²) in [6.45, 7) is 0. The van der Waals surface area contributed by atoms with E-state index in [0.717, 1.165) is 21.7 Å². The second-order valence-corrected chi connectivity index (χ2v) is 6.36. The molecular weight excluding hydrogens is 302 g/mol. The number of aromatic nitrogens is 1. The summed E-state index contributed by atoms with van der Waals surface area (Å²) in [6, 6.07) is -0.184. The van der Waals surface area contributed by atoms with Crippen molar-refractivity contribution in [2.24, 2.45) is 7.05 Å². The van der Waals surface area contributed by atoms with E-state index < -0.39 is 33.8 Å². The van der Waals surface area contributed by atoms with E-state index in [-0.39, 0.29) is 17.0 Å². The highest BCUT2D eigenvalue weighted by Crippen LogP contribution is 2.17. The van der Waals surface area contributed by atoms with E-state index in [1.54, 1.807) is 0 Å². The molecule has 9 nitrogen and oxygen atoms in total. The van der Waals surface area contributed by atoms with Gasteiger partial charge in [-0.2, -0.15) is 4.72 Å². The minimum absolute atomic E-state index is 0.207. The number of aromatic carboxylic acids is 1. The van der Waals surface area contributed by atoms with Gasteiger partial charge in [-0.3, -0.25) is 14.5 Å². The third-order valence-electron chi connectivity index (χ3n) is 3.19. The van der Waals surface area contributed by atoms with Gasteiger partial charge in [-0.25, -0.2) is 13.2 Å². The van der Waals surface area contributed by atoms with Crippen LogP contribution in [-0.2, 0) is 26.7 Å². The van der Waals surface area contributed by atoms with Crippen molar-refractivity contribution in [2.45, 2.75) is 17.4 Å². The van der Waals surface area contributed by atoms with Crippen LogP contribution in [0.15, 0.2) is 17.2 Å². The van der Waals surface area contributed by atoms with Crippen molar-refractivity contribution < 1.29 is 27.9 Å². The summed E-state index contributed by atoms with van der Waals surface area (Å²) < 4.78 is 27.5. The lowest BCUT2D eigenvalue weighted by Crippen LogP contribution is -2.40. The molecule has 2 heterocycles. The van der Waals surface area contributed by atoms with Crippen LogP contribution in [-0.4, -0.2) is 53.9 Å². The maximum atomic E-state index is 12.1. The first kappa shape index (κ1) is 15.2. The average molecular weight is 315 g/mol. The molecule has 1 fully saturated rings. The van der Waals surface area contributed by atoms with Gasteiger partial charge in [0.25, 0.3) is 0 Å². The number of likely N-dealkylation sites (tertiary alicyclic amines) is 1. The predicted octanol–water partition coefficient (Wildman–Crippen LogP) is -1.24. The second kappa shape index (κ2) is 4.97. The standard InChI is InChI=1S/C11H13N3O6S/c1-13-5-6(3-8(13)11(17)18)21(19,20)12-7-4-9(15)14(2)10(7)16/h3,5,7,12H,4H2,1-2H3,(H,17,18). The normalized spacial score (nSPS) is 19.3. The number of hydrogen-bond acceptors (Lipinski definition) is 5. The quantitative estimate of drug-likeness (QED) is 0.669. The average Bonchev–Trinajstić information content (AvgIpc) is 2.87. The second-order valence-electron chi connectivity index (χ2n) is 4.65. The van der Waals surface area contributed by atoms with E-state index in [0.29, 0.717) is 0 Å². The molecule has 0 aromatic carbocycles. The molecule has 1 aromatic heterocycles. The van der Waals surface area contributed by atoms with Gasteiger partial charge < -0.3 is 9.67 Å². The zero-order valence-corrected chi connectivity index (χ0v) is 12.0. The molecule has 2 amide bonds. The molecule has 1 aliphatic heterocycles. The Morgan fingerprint density at radius 3 is 2.43 bits per heavy atom. The molecule has 21 heavy (non-hydrogen) atoms. The summed E-state index contributed by atoms with van der Waals surface area (Å²) in [4.78, 5) is 34.5. The molecule has 1 aromatic rings. The molecule has 1 aliphatic rings. The monoisotopic (exact) mass is 315 g/mol. The topological polar surface area (TPSA) is 126 Å². The molecule has 0 spiro atoms. The van der Waals surface area contributed by atoms with Gasteiger partial charge in [0, 0.05) is 20.3 Å². The Kier molecular flexibility index (Phi) is 3.59.